The molecule has 0 aromatic carbocycles. The van der Waals surface area contributed by atoms with E-state index in [-0.39, 0.29) is 49.6 Å². The third-order valence-electron chi connectivity index (χ3n) is 4.22. The molecular formula is C14H26F3IN4O. The van der Waals surface area contributed by atoms with E-state index < -0.39 is 12.2 Å². The Bertz CT molecular complexity index is 368. The molecule has 1 unspecified atom stereocenters. The van der Waals surface area contributed by atoms with Crippen molar-refractivity contribution in [3.63, 3.8) is 0 Å². The summed E-state index contributed by atoms with van der Waals surface area (Å²) in [6.07, 6.45) is 0.0101. The van der Waals surface area contributed by atoms with Gasteiger partial charge in [-0.2, -0.15) is 13.2 Å². The summed E-state index contributed by atoms with van der Waals surface area (Å²) in [4.78, 5) is 7.34. The molecule has 2 saturated heterocycles. The van der Waals surface area contributed by atoms with Crippen molar-refractivity contribution in [2.24, 2.45) is 10.7 Å². The van der Waals surface area contributed by atoms with Crippen molar-refractivity contribution in [3.8, 4) is 0 Å². The Morgan fingerprint density at radius 1 is 1.04 bits per heavy atom. The highest BCUT2D eigenvalue weighted by Gasteiger charge is 2.43. The molecule has 9 heteroatoms. The van der Waals surface area contributed by atoms with Gasteiger partial charge in [0.2, 0.25) is 0 Å². The Balaban J connectivity index is 0.00000264. The maximum Gasteiger partial charge on any atom is 0.405 e. The van der Waals surface area contributed by atoms with Gasteiger partial charge in [-0.3, -0.25) is 9.89 Å². The summed E-state index contributed by atoms with van der Waals surface area (Å²) >= 11 is 0. The van der Waals surface area contributed by atoms with Gasteiger partial charge in [-0.1, -0.05) is 12.8 Å². The Morgan fingerprint density at radius 2 is 1.61 bits per heavy atom. The van der Waals surface area contributed by atoms with Gasteiger partial charge in [-0.15, -0.1) is 24.0 Å². The van der Waals surface area contributed by atoms with Gasteiger partial charge >= 0.3 is 6.18 Å². The van der Waals surface area contributed by atoms with Crippen molar-refractivity contribution in [2.45, 2.75) is 37.9 Å². The average molecular weight is 450 g/mol. The molecule has 2 rings (SSSR count). The van der Waals surface area contributed by atoms with Crippen molar-refractivity contribution >= 4 is 29.9 Å². The van der Waals surface area contributed by atoms with Crippen LogP contribution in [0.3, 0.4) is 0 Å². The first-order valence-electron chi connectivity index (χ1n) is 7.92. The number of halogens is 4. The summed E-state index contributed by atoms with van der Waals surface area (Å²) in [5, 5.41) is 0. The predicted molar refractivity (Wildman–Crippen MR) is 94.2 cm³/mol. The van der Waals surface area contributed by atoms with Crippen molar-refractivity contribution in [2.75, 3.05) is 45.9 Å². The molecule has 5 nitrogen and oxygen atoms in total. The molecule has 0 amide bonds. The molecule has 2 heterocycles. The molecule has 0 saturated carbocycles. The average Bonchev–Trinajstić information content (AvgIpc) is 2.76. The van der Waals surface area contributed by atoms with Crippen LogP contribution in [-0.2, 0) is 4.74 Å². The number of hydrogen-bond acceptors (Lipinski definition) is 3. The standard InChI is InChI=1S/C14H25F3N4O.HI/c15-14(16,17)12(20-7-9-22-10-8-20)11-19-13(18)21-5-3-1-2-4-6-21;/h12H,1-11H2,(H2,18,19);1H. The largest absolute Gasteiger partial charge is 0.405 e. The van der Waals surface area contributed by atoms with Gasteiger partial charge in [0.15, 0.2) is 5.96 Å². The number of nitrogens with zero attached hydrogens (tertiary/aromatic N) is 3. The fraction of sp³-hybridized carbons (Fsp3) is 0.929. The van der Waals surface area contributed by atoms with E-state index in [2.05, 4.69) is 4.99 Å². The Kier molecular flexibility index (Phi) is 8.91. The van der Waals surface area contributed by atoms with Gasteiger partial charge in [0.25, 0.3) is 0 Å². The van der Waals surface area contributed by atoms with Crippen LogP contribution in [0.25, 0.3) is 0 Å². The van der Waals surface area contributed by atoms with E-state index in [0.717, 1.165) is 38.8 Å². The smallest absolute Gasteiger partial charge is 0.379 e. The SMILES string of the molecule is I.NC(=NCC(N1CCOCC1)C(F)(F)F)N1CCCCCC1. The monoisotopic (exact) mass is 450 g/mol. The van der Waals surface area contributed by atoms with E-state index >= 15 is 0 Å². The summed E-state index contributed by atoms with van der Waals surface area (Å²) in [5.41, 5.74) is 5.90. The first kappa shape index (κ1) is 20.8. The normalized spacial score (nSPS) is 23.1. The topological polar surface area (TPSA) is 54.1 Å². The van der Waals surface area contributed by atoms with Crippen LogP contribution in [0.4, 0.5) is 13.2 Å². The first-order chi connectivity index (χ1) is 10.5. The second-order valence-electron chi connectivity index (χ2n) is 5.81. The summed E-state index contributed by atoms with van der Waals surface area (Å²) < 4.78 is 44.9. The second-order valence-corrected chi connectivity index (χ2v) is 5.81. The minimum absolute atomic E-state index is 0. The number of likely N-dealkylation sites (tertiary alicyclic amines) is 1. The van der Waals surface area contributed by atoms with Gasteiger partial charge in [-0.05, 0) is 12.8 Å². The number of hydrogen-bond donors (Lipinski definition) is 1. The van der Waals surface area contributed by atoms with Crippen LogP contribution in [0.5, 0.6) is 0 Å². The lowest BCUT2D eigenvalue weighted by atomic mass is 10.2. The van der Waals surface area contributed by atoms with Crippen LogP contribution in [0.15, 0.2) is 4.99 Å². The molecule has 2 N–H and O–H groups in total. The Morgan fingerprint density at radius 3 is 2.13 bits per heavy atom. The highest BCUT2D eigenvalue weighted by Crippen LogP contribution is 2.26. The zero-order valence-electron chi connectivity index (χ0n) is 13.2. The number of nitrogens with two attached hydrogens (primary N) is 1. The van der Waals surface area contributed by atoms with E-state index in [9.17, 15) is 13.2 Å². The van der Waals surface area contributed by atoms with Crippen LogP contribution >= 0.6 is 24.0 Å². The summed E-state index contributed by atoms with van der Waals surface area (Å²) in [5.74, 6) is 0.240. The summed E-state index contributed by atoms with van der Waals surface area (Å²) in [7, 11) is 0. The predicted octanol–water partition coefficient (Wildman–Crippen LogP) is 2.06. The molecule has 2 aliphatic heterocycles. The van der Waals surface area contributed by atoms with Crippen LogP contribution in [-0.4, -0.2) is 73.9 Å². The molecule has 0 aromatic heterocycles. The van der Waals surface area contributed by atoms with E-state index in [0.29, 0.717) is 13.2 Å². The quantitative estimate of drug-likeness (QED) is 0.407. The third-order valence-corrected chi connectivity index (χ3v) is 4.22. The lowest BCUT2D eigenvalue weighted by molar-refractivity contribution is -0.188. The molecule has 2 aliphatic rings. The van der Waals surface area contributed by atoms with Gasteiger partial charge in [-0.25, -0.2) is 0 Å². The minimum Gasteiger partial charge on any atom is -0.379 e. The van der Waals surface area contributed by atoms with Gasteiger partial charge in [0, 0.05) is 26.2 Å². The molecule has 0 bridgehead atoms. The molecule has 1 atom stereocenters. The van der Waals surface area contributed by atoms with E-state index in [1.54, 1.807) is 0 Å². The number of guanidine groups is 1. The molecule has 0 aliphatic carbocycles. The Labute approximate surface area is 152 Å². The van der Waals surface area contributed by atoms with Gasteiger partial charge in [0.1, 0.15) is 6.04 Å². The third kappa shape index (κ3) is 6.61. The van der Waals surface area contributed by atoms with E-state index in [1.165, 1.54) is 4.90 Å². The van der Waals surface area contributed by atoms with Crippen molar-refractivity contribution in [3.05, 3.63) is 0 Å². The van der Waals surface area contributed by atoms with Crippen LogP contribution in [0, 0.1) is 0 Å². The lowest BCUT2D eigenvalue weighted by Gasteiger charge is -2.34. The molecule has 0 spiro atoms. The highest BCUT2D eigenvalue weighted by atomic mass is 127. The van der Waals surface area contributed by atoms with Crippen molar-refractivity contribution in [1.82, 2.24) is 9.80 Å². The highest BCUT2D eigenvalue weighted by molar-refractivity contribution is 14.0. The first-order valence-corrected chi connectivity index (χ1v) is 7.92. The molecule has 0 aromatic rings. The molecule has 2 fully saturated rings. The second kappa shape index (κ2) is 9.87. The lowest BCUT2D eigenvalue weighted by Crippen LogP contribution is -2.52. The zero-order valence-corrected chi connectivity index (χ0v) is 15.6. The maximum absolute atomic E-state index is 13.3. The number of aliphatic imine (C=N–C) groups is 1. The van der Waals surface area contributed by atoms with Crippen molar-refractivity contribution < 1.29 is 17.9 Å². The number of alkyl halides is 3. The maximum atomic E-state index is 13.3. The summed E-state index contributed by atoms with van der Waals surface area (Å²) in [6, 6.07) is -1.58. The van der Waals surface area contributed by atoms with Gasteiger partial charge < -0.3 is 15.4 Å². The van der Waals surface area contributed by atoms with Crippen LogP contribution < -0.4 is 5.73 Å². The molecule has 136 valence electrons. The minimum atomic E-state index is -4.31. The van der Waals surface area contributed by atoms with Crippen LogP contribution in [0.1, 0.15) is 25.7 Å². The van der Waals surface area contributed by atoms with Crippen molar-refractivity contribution in [1.29, 1.82) is 0 Å². The number of rotatable bonds is 3. The zero-order chi connectivity index (χ0) is 16.0. The fourth-order valence-corrected chi connectivity index (χ4v) is 2.89. The molecule has 23 heavy (non-hydrogen) atoms. The van der Waals surface area contributed by atoms with Crippen LogP contribution in [0.2, 0.25) is 0 Å². The molecule has 0 radical (unpaired) electrons. The Hall–Kier alpha value is -0.290. The molecular weight excluding hydrogens is 424 g/mol. The van der Waals surface area contributed by atoms with Gasteiger partial charge in [0.05, 0.1) is 19.8 Å². The number of morpholine rings is 1. The summed E-state index contributed by atoms with van der Waals surface area (Å²) in [6.45, 7) is 2.45. The fourth-order valence-electron chi connectivity index (χ4n) is 2.89. The van der Waals surface area contributed by atoms with E-state index in [4.69, 9.17) is 10.5 Å². The van der Waals surface area contributed by atoms with E-state index in [1.807, 2.05) is 4.90 Å². The number of ether oxygens (including phenoxy) is 1.